The molecule has 4 N–H and O–H groups in total. The Kier molecular flexibility index (Phi) is 17.9. The van der Waals surface area contributed by atoms with E-state index >= 15 is 0 Å². The zero-order chi connectivity index (χ0) is 46.2. The Morgan fingerprint density at radius 2 is 1.25 bits per heavy atom. The van der Waals surface area contributed by atoms with E-state index in [0.29, 0.717) is 37.4 Å². The Bertz CT molecular complexity index is 2250. The Morgan fingerprint density at radius 1 is 0.714 bits per heavy atom. The Morgan fingerprint density at radius 3 is 1.78 bits per heavy atom. The molecule has 0 aromatic heterocycles. The molecule has 4 amide bonds. The van der Waals surface area contributed by atoms with Crippen LogP contribution in [0.2, 0.25) is 0 Å². The van der Waals surface area contributed by atoms with Crippen LogP contribution in [0, 0.1) is 0 Å². The summed E-state index contributed by atoms with van der Waals surface area (Å²) in [7, 11) is 1.22. The summed E-state index contributed by atoms with van der Waals surface area (Å²) < 4.78 is 28.0. The van der Waals surface area contributed by atoms with Gasteiger partial charge in [0.05, 0.1) is 13.7 Å². The molecule has 1 unspecified atom stereocenters. The van der Waals surface area contributed by atoms with Crippen LogP contribution in [0.1, 0.15) is 80.6 Å². The highest BCUT2D eigenvalue weighted by Crippen LogP contribution is 2.45. The van der Waals surface area contributed by atoms with Crippen molar-refractivity contribution in [3.63, 3.8) is 0 Å². The molecule has 0 spiro atoms. The van der Waals surface area contributed by atoms with Gasteiger partial charge in [0.25, 0.3) is 0 Å². The van der Waals surface area contributed by atoms with Gasteiger partial charge in [-0.05, 0) is 108 Å². The molecule has 0 radical (unpaired) electrons. The van der Waals surface area contributed by atoms with E-state index in [1.807, 2.05) is 66.7 Å². The second-order valence-electron chi connectivity index (χ2n) is 16.7. The molecule has 0 saturated carbocycles. The Hall–Kier alpha value is -6.64. The van der Waals surface area contributed by atoms with E-state index in [1.54, 1.807) is 47.6 Å². The molecule has 4 aromatic rings. The maximum absolute atomic E-state index is 13.4. The molecule has 15 nitrogen and oxygen atoms in total. The van der Waals surface area contributed by atoms with E-state index in [9.17, 15) is 24.0 Å². The standard InChI is InChI=1S/C48H61N5O10/c1-10-29-60-37-26-24-32-18-11-13-20-34(32)40(37)41-35-21-14-12-19-33(35)25-27-38(41)61-30-17-23-39(54)51-36(42(55)50-31(2)43(56)59-9)22-15-16-28-49-44(52-45(57)62-47(3,4)5)53-46(58)63-48(6,7)8/h10-14,18-21,24-27,31,36H,1,15-17,22-23,28-30H2,2-9H3,(H,50,55)(H,51,54)(H2,49,52,53,57,58)/t31?,36-/m1/s1. The number of carbonyl (C=O) groups excluding carboxylic acids is 5. The third-order valence-corrected chi connectivity index (χ3v) is 9.17. The molecular weight excluding hydrogens is 807 g/mol. The summed E-state index contributed by atoms with van der Waals surface area (Å²) in [6.07, 6.45) is 1.38. The van der Waals surface area contributed by atoms with Crippen molar-refractivity contribution in [2.45, 2.75) is 104 Å². The number of aliphatic imine (C=N–C) groups is 1. The number of fused-ring (bicyclic) bond motifs is 2. The molecule has 0 aliphatic carbocycles. The lowest BCUT2D eigenvalue weighted by atomic mass is 9.92. The van der Waals surface area contributed by atoms with Crippen molar-refractivity contribution in [1.82, 2.24) is 21.3 Å². The van der Waals surface area contributed by atoms with Crippen LogP contribution >= 0.6 is 0 Å². The maximum Gasteiger partial charge on any atom is 0.414 e. The number of methoxy groups -OCH3 is 1. The van der Waals surface area contributed by atoms with Gasteiger partial charge in [-0.2, -0.15) is 0 Å². The summed E-state index contributed by atoms with van der Waals surface area (Å²) in [6, 6.07) is 22.1. The lowest BCUT2D eigenvalue weighted by Crippen LogP contribution is -2.51. The molecule has 4 aromatic carbocycles. The van der Waals surface area contributed by atoms with Gasteiger partial charge in [0.2, 0.25) is 17.8 Å². The van der Waals surface area contributed by atoms with Crippen molar-refractivity contribution in [3.8, 4) is 22.6 Å². The topological polar surface area (TPSA) is 192 Å². The van der Waals surface area contributed by atoms with Crippen LogP contribution in [-0.4, -0.2) is 86.1 Å². The van der Waals surface area contributed by atoms with Crippen LogP contribution in [-0.2, 0) is 28.6 Å². The zero-order valence-corrected chi connectivity index (χ0v) is 37.6. The van der Waals surface area contributed by atoms with Crippen LogP contribution in [0.15, 0.2) is 90.4 Å². The lowest BCUT2D eigenvalue weighted by molar-refractivity contribution is -0.144. The number of alkyl carbamates (subject to hydrolysis) is 2. The number of hydrogen-bond acceptors (Lipinski definition) is 11. The molecule has 338 valence electrons. The summed E-state index contributed by atoms with van der Waals surface area (Å²) in [6.45, 7) is 16.1. The lowest BCUT2D eigenvalue weighted by Gasteiger charge is -2.22. The van der Waals surface area contributed by atoms with Gasteiger partial charge in [0.15, 0.2) is 0 Å². The highest BCUT2D eigenvalue weighted by molar-refractivity contribution is 6.10. The summed E-state index contributed by atoms with van der Waals surface area (Å²) in [4.78, 5) is 68.2. The molecule has 63 heavy (non-hydrogen) atoms. The van der Waals surface area contributed by atoms with Gasteiger partial charge >= 0.3 is 18.2 Å². The molecule has 0 heterocycles. The third kappa shape index (κ3) is 15.6. The highest BCUT2D eigenvalue weighted by Gasteiger charge is 2.26. The smallest absolute Gasteiger partial charge is 0.414 e. The minimum absolute atomic E-state index is 0.0432. The number of benzene rings is 4. The molecule has 0 saturated heterocycles. The van der Waals surface area contributed by atoms with E-state index in [4.69, 9.17) is 23.7 Å². The number of nitrogens with one attached hydrogen (secondary N) is 4. The summed E-state index contributed by atoms with van der Waals surface area (Å²) in [5, 5.41) is 14.3. The molecule has 0 fully saturated rings. The predicted octanol–water partition coefficient (Wildman–Crippen LogP) is 8.12. The number of rotatable bonds is 18. The second kappa shape index (κ2) is 23.0. The quantitative estimate of drug-likeness (QED) is 0.0190. The highest BCUT2D eigenvalue weighted by atomic mass is 16.6. The van der Waals surface area contributed by atoms with E-state index in [0.717, 1.165) is 32.7 Å². The number of nitrogens with zero attached hydrogens (tertiary/aromatic N) is 1. The number of ether oxygens (including phenoxy) is 5. The number of carbonyl (C=O) groups is 5. The minimum Gasteiger partial charge on any atom is -0.493 e. The Balaban J connectivity index is 1.45. The minimum atomic E-state index is -0.999. The normalized spacial score (nSPS) is 12.3. The van der Waals surface area contributed by atoms with Crippen molar-refractivity contribution in [2.24, 2.45) is 4.99 Å². The number of hydrogen-bond donors (Lipinski definition) is 4. The van der Waals surface area contributed by atoms with Crippen LogP contribution in [0.4, 0.5) is 9.59 Å². The fourth-order valence-electron chi connectivity index (χ4n) is 6.47. The van der Waals surface area contributed by atoms with Gasteiger partial charge in [-0.3, -0.25) is 25.2 Å². The largest absolute Gasteiger partial charge is 0.493 e. The van der Waals surface area contributed by atoms with Gasteiger partial charge < -0.3 is 34.3 Å². The summed E-state index contributed by atoms with van der Waals surface area (Å²) in [5.41, 5.74) is 0.144. The molecule has 4 rings (SSSR count). The van der Waals surface area contributed by atoms with Crippen LogP contribution < -0.4 is 30.7 Å². The molecule has 0 aliphatic rings. The first kappa shape index (κ1) is 49.0. The van der Waals surface area contributed by atoms with Crippen LogP contribution in [0.25, 0.3) is 32.7 Å². The van der Waals surface area contributed by atoms with Gasteiger partial charge in [0.1, 0.15) is 41.4 Å². The summed E-state index contributed by atoms with van der Waals surface area (Å²) in [5.74, 6) is -0.465. The molecule has 0 bridgehead atoms. The van der Waals surface area contributed by atoms with E-state index in [1.165, 1.54) is 14.0 Å². The first-order chi connectivity index (χ1) is 29.9. The molecule has 0 aliphatic heterocycles. The predicted molar refractivity (Wildman–Crippen MR) is 244 cm³/mol. The van der Waals surface area contributed by atoms with Crippen molar-refractivity contribution in [2.75, 3.05) is 26.9 Å². The van der Waals surface area contributed by atoms with Crippen LogP contribution in [0.5, 0.6) is 11.5 Å². The average Bonchev–Trinajstić information content (AvgIpc) is 3.21. The Labute approximate surface area is 369 Å². The molecular formula is C48H61N5O10. The van der Waals surface area contributed by atoms with Crippen molar-refractivity contribution < 1.29 is 47.7 Å². The van der Waals surface area contributed by atoms with E-state index in [-0.39, 0.29) is 37.9 Å². The maximum atomic E-state index is 13.4. The number of unbranched alkanes of at least 4 members (excludes halogenated alkanes) is 1. The number of guanidine groups is 1. The van der Waals surface area contributed by atoms with Crippen LogP contribution in [0.3, 0.4) is 0 Å². The first-order valence-electron chi connectivity index (χ1n) is 21.0. The second-order valence-corrected chi connectivity index (χ2v) is 16.7. The number of amides is 4. The van der Waals surface area contributed by atoms with Gasteiger partial charge in [-0.15, -0.1) is 0 Å². The van der Waals surface area contributed by atoms with E-state index < -0.39 is 47.3 Å². The monoisotopic (exact) mass is 867 g/mol. The fourth-order valence-corrected chi connectivity index (χ4v) is 6.47. The average molecular weight is 868 g/mol. The van der Waals surface area contributed by atoms with Crippen molar-refractivity contribution in [3.05, 3.63) is 85.5 Å². The zero-order valence-electron chi connectivity index (χ0n) is 37.6. The van der Waals surface area contributed by atoms with E-state index in [2.05, 4.69) is 38.9 Å². The fraction of sp³-hybridized carbons (Fsp3) is 0.417. The van der Waals surface area contributed by atoms with Crippen molar-refractivity contribution >= 4 is 57.5 Å². The third-order valence-electron chi connectivity index (χ3n) is 9.17. The molecule has 2 atom stereocenters. The first-order valence-corrected chi connectivity index (χ1v) is 21.0. The number of esters is 1. The SMILES string of the molecule is C=CCOc1ccc2ccccc2c1-c1c(OCCCC(=O)N[C@H](CCCCN=C(NC(=O)OC(C)(C)C)NC(=O)OC(C)(C)C)C(=O)NC(C)C(=O)OC)ccc2ccccc12. The van der Waals surface area contributed by atoms with Gasteiger partial charge in [0, 0.05) is 24.1 Å². The van der Waals surface area contributed by atoms with Gasteiger partial charge in [-0.25, -0.2) is 14.4 Å². The summed E-state index contributed by atoms with van der Waals surface area (Å²) >= 11 is 0. The van der Waals surface area contributed by atoms with Crippen molar-refractivity contribution in [1.29, 1.82) is 0 Å². The van der Waals surface area contributed by atoms with Gasteiger partial charge in [-0.1, -0.05) is 73.3 Å². The molecule has 15 heteroatoms.